The molecule has 0 unspecified atom stereocenters. The van der Waals surface area contributed by atoms with Gasteiger partial charge in [-0.05, 0) is 43.9 Å². The molecule has 1 aromatic rings. The summed E-state index contributed by atoms with van der Waals surface area (Å²) >= 11 is 0. The smallest absolute Gasteiger partial charge is 0.319 e. The molecule has 1 heterocycles. The zero-order valence-electron chi connectivity index (χ0n) is 16.7. The van der Waals surface area contributed by atoms with Gasteiger partial charge in [0, 0.05) is 37.7 Å². The number of nitrogens with zero attached hydrogens (tertiary/aromatic N) is 1. The molecular formula is C20H29FN4O3. The van der Waals surface area contributed by atoms with Crippen molar-refractivity contribution >= 4 is 29.2 Å². The number of rotatable bonds is 6. The van der Waals surface area contributed by atoms with Gasteiger partial charge in [0.05, 0.1) is 5.69 Å². The fourth-order valence-electron chi connectivity index (χ4n) is 3.38. The molecule has 1 fully saturated rings. The lowest BCUT2D eigenvalue weighted by atomic mass is 9.98. The van der Waals surface area contributed by atoms with E-state index >= 15 is 0 Å². The summed E-state index contributed by atoms with van der Waals surface area (Å²) in [5, 5.41) is 7.92. The topological polar surface area (TPSA) is 90.5 Å². The standard InChI is InChI=1S/C20H29FN4O3/c1-4-14(5-2)19(27)25-10-8-15(9-11-25)23-20(28)24-16-6-7-17(21)18(12-16)22-13(3)26/h6-7,12,14-15H,4-5,8-11H2,1-3H3,(H,22,26)(H2,23,24,28). The van der Waals surface area contributed by atoms with Gasteiger partial charge >= 0.3 is 6.03 Å². The van der Waals surface area contributed by atoms with E-state index < -0.39 is 17.8 Å². The highest BCUT2D eigenvalue weighted by atomic mass is 19.1. The van der Waals surface area contributed by atoms with Crippen molar-refractivity contribution in [2.24, 2.45) is 5.92 Å². The van der Waals surface area contributed by atoms with Crippen LogP contribution in [-0.2, 0) is 9.59 Å². The molecule has 0 aromatic heterocycles. The largest absolute Gasteiger partial charge is 0.342 e. The fourth-order valence-corrected chi connectivity index (χ4v) is 3.38. The number of anilines is 2. The molecular weight excluding hydrogens is 363 g/mol. The molecule has 28 heavy (non-hydrogen) atoms. The predicted octanol–water partition coefficient (Wildman–Crippen LogP) is 3.33. The van der Waals surface area contributed by atoms with Crippen LogP contribution in [0.3, 0.4) is 0 Å². The first-order valence-corrected chi connectivity index (χ1v) is 9.77. The van der Waals surface area contributed by atoms with Crippen LogP contribution in [0.1, 0.15) is 46.5 Å². The molecule has 0 spiro atoms. The summed E-state index contributed by atoms with van der Waals surface area (Å²) in [6, 6.07) is 3.55. The molecule has 1 aliphatic rings. The molecule has 1 saturated heterocycles. The molecule has 7 nitrogen and oxygen atoms in total. The third-order valence-electron chi connectivity index (χ3n) is 5.01. The van der Waals surface area contributed by atoms with Gasteiger partial charge in [-0.2, -0.15) is 0 Å². The Kier molecular flexibility index (Phi) is 7.78. The zero-order chi connectivity index (χ0) is 20.7. The summed E-state index contributed by atoms with van der Waals surface area (Å²) in [5.74, 6) is -0.695. The Labute approximate surface area is 165 Å². The van der Waals surface area contributed by atoms with E-state index in [1.807, 2.05) is 18.7 Å². The van der Waals surface area contributed by atoms with Gasteiger partial charge in [-0.3, -0.25) is 9.59 Å². The lowest BCUT2D eigenvalue weighted by Crippen LogP contribution is -2.48. The molecule has 0 aliphatic carbocycles. The molecule has 0 saturated carbocycles. The second-order valence-corrected chi connectivity index (χ2v) is 7.09. The number of carbonyl (C=O) groups is 3. The van der Waals surface area contributed by atoms with Crippen molar-refractivity contribution in [3.8, 4) is 0 Å². The van der Waals surface area contributed by atoms with E-state index in [1.165, 1.54) is 25.1 Å². The molecule has 3 N–H and O–H groups in total. The molecule has 154 valence electrons. The Balaban J connectivity index is 1.85. The van der Waals surface area contributed by atoms with Gasteiger partial charge in [-0.1, -0.05) is 13.8 Å². The summed E-state index contributed by atoms with van der Waals surface area (Å²) < 4.78 is 13.7. The number of urea groups is 1. The minimum Gasteiger partial charge on any atom is -0.342 e. The Bertz CT molecular complexity index is 713. The van der Waals surface area contributed by atoms with Crippen molar-refractivity contribution in [1.29, 1.82) is 0 Å². The van der Waals surface area contributed by atoms with Gasteiger partial charge in [0.2, 0.25) is 11.8 Å². The zero-order valence-corrected chi connectivity index (χ0v) is 16.7. The number of likely N-dealkylation sites (tertiary alicyclic amines) is 1. The van der Waals surface area contributed by atoms with Crippen LogP contribution in [0.5, 0.6) is 0 Å². The lowest BCUT2D eigenvalue weighted by molar-refractivity contribution is -0.136. The highest BCUT2D eigenvalue weighted by Gasteiger charge is 2.27. The molecule has 1 aliphatic heterocycles. The van der Waals surface area contributed by atoms with Crippen molar-refractivity contribution in [3.63, 3.8) is 0 Å². The number of benzene rings is 1. The second kappa shape index (κ2) is 10.1. The number of hydrogen-bond donors (Lipinski definition) is 3. The van der Waals surface area contributed by atoms with Crippen LogP contribution in [-0.4, -0.2) is 41.9 Å². The number of amides is 4. The van der Waals surface area contributed by atoms with Crippen LogP contribution in [0.4, 0.5) is 20.6 Å². The van der Waals surface area contributed by atoms with Crippen molar-refractivity contribution in [3.05, 3.63) is 24.0 Å². The molecule has 1 aromatic carbocycles. The Morgan fingerprint density at radius 3 is 2.36 bits per heavy atom. The SMILES string of the molecule is CCC(CC)C(=O)N1CCC(NC(=O)Nc2ccc(F)c(NC(C)=O)c2)CC1. The normalized spacial score (nSPS) is 14.7. The van der Waals surface area contributed by atoms with Gasteiger partial charge in [0.15, 0.2) is 0 Å². The molecule has 0 radical (unpaired) electrons. The lowest BCUT2D eigenvalue weighted by Gasteiger charge is -2.34. The summed E-state index contributed by atoms with van der Waals surface area (Å²) in [6.07, 6.45) is 3.07. The Hall–Kier alpha value is -2.64. The first kappa shape index (κ1) is 21.7. The van der Waals surface area contributed by atoms with Crippen LogP contribution in [0.2, 0.25) is 0 Å². The third kappa shape index (κ3) is 5.94. The van der Waals surface area contributed by atoms with Crippen LogP contribution in [0.15, 0.2) is 18.2 Å². The second-order valence-electron chi connectivity index (χ2n) is 7.09. The van der Waals surface area contributed by atoms with Crippen molar-refractivity contribution < 1.29 is 18.8 Å². The van der Waals surface area contributed by atoms with E-state index in [0.29, 0.717) is 31.6 Å². The molecule has 0 bridgehead atoms. The highest BCUT2D eigenvalue weighted by molar-refractivity contribution is 5.92. The molecule has 0 atom stereocenters. The maximum atomic E-state index is 13.7. The molecule has 4 amide bonds. The number of nitrogens with one attached hydrogen (secondary N) is 3. The monoisotopic (exact) mass is 392 g/mol. The van der Waals surface area contributed by atoms with Crippen molar-refractivity contribution in [2.45, 2.75) is 52.5 Å². The number of carbonyl (C=O) groups excluding carboxylic acids is 3. The van der Waals surface area contributed by atoms with E-state index in [1.54, 1.807) is 0 Å². The predicted molar refractivity (Wildman–Crippen MR) is 107 cm³/mol. The van der Waals surface area contributed by atoms with Gasteiger partial charge in [-0.15, -0.1) is 0 Å². The third-order valence-corrected chi connectivity index (χ3v) is 5.01. The van der Waals surface area contributed by atoms with Crippen LogP contribution in [0, 0.1) is 11.7 Å². The average molecular weight is 392 g/mol. The van der Waals surface area contributed by atoms with E-state index in [2.05, 4.69) is 16.0 Å². The Morgan fingerprint density at radius 2 is 1.79 bits per heavy atom. The summed E-state index contributed by atoms with van der Waals surface area (Å²) in [6.45, 7) is 6.59. The summed E-state index contributed by atoms with van der Waals surface area (Å²) in [7, 11) is 0. The molecule has 2 rings (SSSR count). The van der Waals surface area contributed by atoms with E-state index in [9.17, 15) is 18.8 Å². The maximum Gasteiger partial charge on any atom is 0.319 e. The first-order valence-electron chi connectivity index (χ1n) is 9.77. The van der Waals surface area contributed by atoms with E-state index in [0.717, 1.165) is 12.8 Å². The number of hydrogen-bond acceptors (Lipinski definition) is 3. The molecule has 8 heteroatoms. The number of halogens is 1. The minimum atomic E-state index is -0.573. The fraction of sp³-hybridized carbons (Fsp3) is 0.550. The highest BCUT2D eigenvalue weighted by Crippen LogP contribution is 2.20. The van der Waals surface area contributed by atoms with Crippen LogP contribution in [0.25, 0.3) is 0 Å². The van der Waals surface area contributed by atoms with Gasteiger partial charge < -0.3 is 20.9 Å². The van der Waals surface area contributed by atoms with Crippen molar-refractivity contribution in [1.82, 2.24) is 10.2 Å². The van der Waals surface area contributed by atoms with E-state index in [4.69, 9.17) is 0 Å². The van der Waals surface area contributed by atoms with Gasteiger partial charge in [-0.25, -0.2) is 9.18 Å². The maximum absolute atomic E-state index is 13.7. The van der Waals surface area contributed by atoms with Crippen LogP contribution >= 0.6 is 0 Å². The summed E-state index contributed by atoms with van der Waals surface area (Å²) in [5.41, 5.74) is 0.391. The van der Waals surface area contributed by atoms with Crippen LogP contribution < -0.4 is 16.0 Å². The minimum absolute atomic E-state index is 0.0125. The van der Waals surface area contributed by atoms with Gasteiger partial charge in [0.25, 0.3) is 0 Å². The Morgan fingerprint density at radius 1 is 1.14 bits per heavy atom. The summed E-state index contributed by atoms with van der Waals surface area (Å²) in [4.78, 5) is 37.7. The van der Waals surface area contributed by atoms with E-state index in [-0.39, 0.29) is 23.6 Å². The van der Waals surface area contributed by atoms with Crippen molar-refractivity contribution in [2.75, 3.05) is 23.7 Å². The first-order chi connectivity index (χ1) is 13.3. The average Bonchev–Trinajstić information content (AvgIpc) is 2.65. The van der Waals surface area contributed by atoms with Gasteiger partial charge in [0.1, 0.15) is 5.82 Å². The number of piperidine rings is 1. The quantitative estimate of drug-likeness (QED) is 0.694.